The highest BCUT2D eigenvalue weighted by atomic mass is 35.5. The third-order valence-corrected chi connectivity index (χ3v) is 6.84. The molecule has 28 heavy (non-hydrogen) atoms. The van der Waals surface area contributed by atoms with E-state index in [-0.39, 0.29) is 0 Å². The van der Waals surface area contributed by atoms with Crippen molar-refractivity contribution >= 4 is 34.7 Å². The molecule has 142 valence electrons. The highest BCUT2D eigenvalue weighted by molar-refractivity contribution is 7.98. The van der Waals surface area contributed by atoms with Gasteiger partial charge in [-0.3, -0.25) is 4.57 Å². The molecule has 0 saturated heterocycles. The number of thiazole rings is 1. The molecule has 5 nitrogen and oxygen atoms in total. The lowest BCUT2D eigenvalue weighted by atomic mass is 10.2. The minimum absolute atomic E-state index is 0.530. The van der Waals surface area contributed by atoms with Gasteiger partial charge in [0.15, 0.2) is 5.16 Å². The van der Waals surface area contributed by atoms with Crippen molar-refractivity contribution in [3.63, 3.8) is 0 Å². The summed E-state index contributed by atoms with van der Waals surface area (Å²) in [5.41, 5.74) is 1.99. The van der Waals surface area contributed by atoms with Crippen LogP contribution in [0.3, 0.4) is 0 Å². The van der Waals surface area contributed by atoms with Gasteiger partial charge in [0.05, 0.1) is 23.5 Å². The fraction of sp³-hybridized carbons (Fsp3) is 0.250. The summed E-state index contributed by atoms with van der Waals surface area (Å²) in [6, 6.07) is 11.7. The van der Waals surface area contributed by atoms with E-state index in [1.165, 1.54) is 12.8 Å². The van der Waals surface area contributed by atoms with Gasteiger partial charge in [0.2, 0.25) is 0 Å². The topological polar surface area (TPSA) is 56.7 Å². The Bertz CT molecular complexity index is 1090. The number of halogens is 1. The molecule has 0 spiro atoms. The van der Waals surface area contributed by atoms with Crippen LogP contribution in [0.15, 0.2) is 57.6 Å². The summed E-state index contributed by atoms with van der Waals surface area (Å²) in [6.45, 7) is 0.663. The highest BCUT2D eigenvalue weighted by Crippen LogP contribution is 2.40. The normalized spacial score (nSPS) is 13.9. The summed E-state index contributed by atoms with van der Waals surface area (Å²) in [5, 5.41) is 13.6. The molecule has 1 aromatic carbocycles. The molecule has 0 radical (unpaired) electrons. The third kappa shape index (κ3) is 3.74. The molecule has 8 heteroatoms. The van der Waals surface area contributed by atoms with Crippen LogP contribution in [0.5, 0.6) is 0 Å². The van der Waals surface area contributed by atoms with E-state index in [2.05, 4.69) is 20.1 Å². The molecule has 0 amide bonds. The van der Waals surface area contributed by atoms with E-state index >= 15 is 0 Å². The highest BCUT2D eigenvalue weighted by Gasteiger charge is 2.30. The van der Waals surface area contributed by atoms with E-state index in [9.17, 15) is 0 Å². The maximum absolute atomic E-state index is 6.30. The minimum Gasteiger partial charge on any atom is -0.467 e. The minimum atomic E-state index is 0.530. The molecule has 1 fully saturated rings. The summed E-state index contributed by atoms with van der Waals surface area (Å²) in [7, 11) is 0. The van der Waals surface area contributed by atoms with E-state index in [1.54, 1.807) is 29.4 Å². The summed E-state index contributed by atoms with van der Waals surface area (Å²) >= 11 is 9.57. The van der Waals surface area contributed by atoms with Gasteiger partial charge < -0.3 is 4.42 Å². The van der Waals surface area contributed by atoms with Gasteiger partial charge in [-0.15, -0.1) is 21.5 Å². The van der Waals surface area contributed by atoms with E-state index in [1.807, 2.05) is 36.4 Å². The number of aromatic nitrogens is 4. The zero-order valence-electron chi connectivity index (χ0n) is 14.9. The Hall–Kier alpha value is -2.09. The van der Waals surface area contributed by atoms with Crippen LogP contribution in [0.4, 0.5) is 0 Å². The summed E-state index contributed by atoms with van der Waals surface area (Å²) in [4.78, 5) is 4.75. The molecule has 0 N–H and O–H groups in total. The molecule has 1 aliphatic rings. The first-order valence-corrected chi connectivity index (χ1v) is 11.3. The zero-order valence-corrected chi connectivity index (χ0v) is 17.3. The van der Waals surface area contributed by atoms with E-state index in [0.29, 0.717) is 12.5 Å². The number of hydrogen-bond donors (Lipinski definition) is 0. The Morgan fingerprint density at radius 3 is 2.86 bits per heavy atom. The lowest BCUT2D eigenvalue weighted by Gasteiger charge is -2.07. The fourth-order valence-electron chi connectivity index (χ4n) is 3.03. The number of furan rings is 1. The van der Waals surface area contributed by atoms with E-state index in [0.717, 1.165) is 43.8 Å². The average molecular weight is 429 g/mol. The first-order chi connectivity index (χ1) is 13.8. The molecular formula is C20H17ClN4OS2. The van der Waals surface area contributed by atoms with Gasteiger partial charge in [-0.25, -0.2) is 4.98 Å². The van der Waals surface area contributed by atoms with Crippen LogP contribution in [0.2, 0.25) is 5.02 Å². The molecule has 5 rings (SSSR count). The van der Waals surface area contributed by atoms with Crippen molar-refractivity contribution in [2.75, 3.05) is 0 Å². The van der Waals surface area contributed by atoms with Crippen molar-refractivity contribution in [3.05, 3.63) is 70.3 Å². The van der Waals surface area contributed by atoms with Crippen LogP contribution in [0.1, 0.15) is 36.0 Å². The maximum atomic E-state index is 6.30. The van der Waals surface area contributed by atoms with Crippen LogP contribution in [-0.2, 0) is 12.3 Å². The first-order valence-electron chi connectivity index (χ1n) is 9.05. The Morgan fingerprint density at radius 1 is 1.18 bits per heavy atom. The van der Waals surface area contributed by atoms with E-state index in [4.69, 9.17) is 21.0 Å². The van der Waals surface area contributed by atoms with Crippen LogP contribution in [0.25, 0.3) is 10.6 Å². The molecule has 0 bridgehead atoms. The monoisotopic (exact) mass is 428 g/mol. The Labute approximate surface area is 175 Å². The Morgan fingerprint density at radius 2 is 2.07 bits per heavy atom. The largest absolute Gasteiger partial charge is 0.467 e. The van der Waals surface area contributed by atoms with Crippen LogP contribution in [0, 0.1) is 0 Å². The lowest BCUT2D eigenvalue weighted by Crippen LogP contribution is -2.05. The predicted molar refractivity (Wildman–Crippen MR) is 112 cm³/mol. The van der Waals surface area contributed by atoms with Crippen molar-refractivity contribution in [2.45, 2.75) is 36.2 Å². The number of hydrogen-bond acceptors (Lipinski definition) is 6. The molecule has 0 atom stereocenters. The van der Waals surface area contributed by atoms with Crippen molar-refractivity contribution in [2.24, 2.45) is 0 Å². The third-order valence-electron chi connectivity index (χ3n) is 4.59. The number of rotatable bonds is 7. The second-order valence-corrected chi connectivity index (χ2v) is 8.90. The molecule has 4 aromatic rings. The summed E-state index contributed by atoms with van der Waals surface area (Å²) < 4.78 is 7.72. The molecule has 3 heterocycles. The zero-order chi connectivity index (χ0) is 18.9. The Balaban J connectivity index is 1.34. The number of nitrogens with zero attached hydrogens (tertiary/aromatic N) is 4. The van der Waals surface area contributed by atoms with Crippen molar-refractivity contribution in [1.82, 2.24) is 19.7 Å². The van der Waals surface area contributed by atoms with Gasteiger partial charge in [0.25, 0.3) is 0 Å². The van der Waals surface area contributed by atoms with E-state index < -0.39 is 0 Å². The van der Waals surface area contributed by atoms with Crippen molar-refractivity contribution in [1.29, 1.82) is 0 Å². The van der Waals surface area contributed by atoms with Crippen LogP contribution in [-0.4, -0.2) is 19.7 Å². The van der Waals surface area contributed by atoms with Crippen LogP contribution >= 0.6 is 34.7 Å². The Kier molecular flexibility index (Phi) is 4.96. The lowest BCUT2D eigenvalue weighted by molar-refractivity contribution is 0.478. The fourth-order valence-corrected chi connectivity index (χ4v) is 5.11. The average Bonchev–Trinajstić information content (AvgIpc) is 3.10. The summed E-state index contributed by atoms with van der Waals surface area (Å²) in [5.74, 6) is 3.25. The second kappa shape index (κ2) is 7.73. The molecule has 3 aromatic heterocycles. The second-order valence-electron chi connectivity index (χ2n) is 6.69. The van der Waals surface area contributed by atoms with Gasteiger partial charge in [0.1, 0.15) is 16.6 Å². The number of thioether (sulfide) groups is 1. The van der Waals surface area contributed by atoms with Gasteiger partial charge >= 0.3 is 0 Å². The van der Waals surface area contributed by atoms with Gasteiger partial charge in [-0.05, 0) is 31.0 Å². The van der Waals surface area contributed by atoms with Crippen LogP contribution < -0.4 is 0 Å². The molecule has 0 unspecified atom stereocenters. The molecule has 1 aliphatic carbocycles. The quantitative estimate of drug-likeness (QED) is 0.345. The first kappa shape index (κ1) is 18.0. The smallest absolute Gasteiger partial charge is 0.192 e. The van der Waals surface area contributed by atoms with Crippen molar-refractivity contribution < 1.29 is 4.42 Å². The predicted octanol–water partition coefficient (Wildman–Crippen LogP) is 5.87. The molecule has 1 saturated carbocycles. The number of benzene rings is 1. The maximum Gasteiger partial charge on any atom is 0.192 e. The van der Waals surface area contributed by atoms with Gasteiger partial charge in [-0.2, -0.15) is 0 Å². The van der Waals surface area contributed by atoms with Gasteiger partial charge in [-0.1, -0.05) is 41.6 Å². The summed E-state index contributed by atoms with van der Waals surface area (Å²) in [6.07, 6.45) is 4.08. The van der Waals surface area contributed by atoms with Gasteiger partial charge in [0, 0.05) is 22.6 Å². The SMILES string of the molecule is Clc1ccccc1-c1nc(CSc2nnc(C3CC3)n2Cc2ccco2)cs1. The van der Waals surface area contributed by atoms with Crippen molar-refractivity contribution in [3.8, 4) is 10.6 Å². The standard InChI is InChI=1S/C20H17ClN4OS2/c21-17-6-2-1-5-16(17)19-22-14(11-27-19)12-28-20-24-23-18(13-7-8-13)25(20)10-15-4-3-9-26-15/h1-6,9,11,13H,7-8,10,12H2. The molecule has 0 aliphatic heterocycles. The molecular weight excluding hydrogens is 412 g/mol.